The van der Waals surface area contributed by atoms with Gasteiger partial charge >= 0.3 is 0 Å². The molecule has 0 saturated heterocycles. The summed E-state index contributed by atoms with van der Waals surface area (Å²) in [5, 5.41) is 0. The van der Waals surface area contributed by atoms with E-state index in [2.05, 4.69) is 20.8 Å². The van der Waals surface area contributed by atoms with Gasteiger partial charge in [-0.2, -0.15) is 0 Å². The molecule has 0 spiro atoms. The van der Waals surface area contributed by atoms with Crippen LogP contribution in [0.2, 0.25) is 0 Å². The van der Waals surface area contributed by atoms with Crippen LogP contribution < -0.4 is 0 Å². The average Bonchev–Trinajstić information content (AvgIpc) is 2.61. The van der Waals surface area contributed by atoms with E-state index in [-0.39, 0.29) is 0 Å². The first-order chi connectivity index (χ1) is 12.3. The first-order valence-electron chi connectivity index (χ1n) is 12.1. The Morgan fingerprint density at radius 1 is 0.480 bits per heavy atom. The van der Waals surface area contributed by atoms with Gasteiger partial charge in [0.05, 0.1) is 0 Å². The van der Waals surface area contributed by atoms with Crippen molar-refractivity contribution in [3.8, 4) is 0 Å². The van der Waals surface area contributed by atoms with E-state index in [1.165, 1.54) is 128 Å². The van der Waals surface area contributed by atoms with E-state index in [0.29, 0.717) is 0 Å². The molecule has 0 heterocycles. The maximum Gasteiger partial charge on any atom is -0.0443 e. The third kappa shape index (κ3) is 22.0. The highest BCUT2D eigenvalue weighted by Crippen LogP contribution is 2.17. The van der Waals surface area contributed by atoms with Crippen LogP contribution in [0.25, 0.3) is 0 Å². The number of hydrogen-bond acceptors (Lipinski definition) is 0. The fraction of sp³-hybridized carbons (Fsp3) is 0.960. The van der Waals surface area contributed by atoms with Crippen LogP contribution in [0.1, 0.15) is 149 Å². The maximum atomic E-state index is 3.96. The molecule has 0 aliphatic carbocycles. The van der Waals surface area contributed by atoms with Crippen molar-refractivity contribution in [3.05, 3.63) is 6.92 Å². The standard InChI is InChI=1S/C25H51/c1-4-6-7-8-9-10-11-12-13-14-15-16-17-18-19-20-21-22-24-25(3)23-5-2/h25H,2,4-24H2,1,3H3. The fourth-order valence-corrected chi connectivity index (χ4v) is 3.89. The molecule has 0 amide bonds. The summed E-state index contributed by atoms with van der Waals surface area (Å²) >= 11 is 0. The molecule has 0 heteroatoms. The van der Waals surface area contributed by atoms with Crippen LogP contribution in [-0.2, 0) is 0 Å². The predicted molar refractivity (Wildman–Crippen MR) is 117 cm³/mol. The van der Waals surface area contributed by atoms with Gasteiger partial charge in [0, 0.05) is 0 Å². The van der Waals surface area contributed by atoms with E-state index < -0.39 is 0 Å². The predicted octanol–water partition coefficient (Wildman–Crippen LogP) is 9.67. The third-order valence-electron chi connectivity index (χ3n) is 5.75. The Morgan fingerprint density at radius 3 is 1.12 bits per heavy atom. The smallest absolute Gasteiger partial charge is 0.0443 e. The minimum atomic E-state index is 0.901. The van der Waals surface area contributed by atoms with E-state index >= 15 is 0 Å². The first-order valence-corrected chi connectivity index (χ1v) is 12.1. The molecule has 0 saturated carbocycles. The molecule has 1 radical (unpaired) electrons. The lowest BCUT2D eigenvalue weighted by Crippen LogP contribution is -1.93. The van der Waals surface area contributed by atoms with Gasteiger partial charge in [-0.05, 0) is 5.92 Å². The highest BCUT2D eigenvalue weighted by Gasteiger charge is 2.00. The van der Waals surface area contributed by atoms with Gasteiger partial charge in [-0.3, -0.25) is 0 Å². The SMILES string of the molecule is [CH2]CCC(C)CCCCCCCCCCCCCCCCCCCC. The van der Waals surface area contributed by atoms with E-state index in [9.17, 15) is 0 Å². The summed E-state index contributed by atoms with van der Waals surface area (Å²) in [6.07, 6.45) is 30.3. The molecular weight excluding hydrogens is 300 g/mol. The zero-order valence-electron chi connectivity index (χ0n) is 18.1. The topological polar surface area (TPSA) is 0 Å². The molecule has 1 atom stereocenters. The second kappa shape index (κ2) is 22.0. The van der Waals surface area contributed by atoms with Gasteiger partial charge in [-0.15, -0.1) is 0 Å². The Morgan fingerprint density at radius 2 is 0.800 bits per heavy atom. The van der Waals surface area contributed by atoms with E-state index in [0.717, 1.165) is 12.3 Å². The summed E-state index contributed by atoms with van der Waals surface area (Å²) in [5.74, 6) is 0.901. The molecule has 0 bridgehead atoms. The van der Waals surface area contributed by atoms with Crippen molar-refractivity contribution in [1.29, 1.82) is 0 Å². The summed E-state index contributed by atoms with van der Waals surface area (Å²) in [6, 6.07) is 0. The molecule has 0 aliphatic heterocycles. The number of unbranched alkanes of at least 4 members (excludes halogenated alkanes) is 17. The molecule has 0 nitrogen and oxygen atoms in total. The molecule has 0 aromatic heterocycles. The first kappa shape index (κ1) is 25.0. The van der Waals surface area contributed by atoms with Crippen molar-refractivity contribution < 1.29 is 0 Å². The Balaban J connectivity index is 3.00. The molecule has 0 aliphatic rings. The van der Waals surface area contributed by atoms with Gasteiger partial charge in [0.1, 0.15) is 0 Å². The van der Waals surface area contributed by atoms with Gasteiger partial charge in [0.2, 0.25) is 0 Å². The van der Waals surface area contributed by atoms with Gasteiger partial charge in [-0.1, -0.05) is 156 Å². The highest BCUT2D eigenvalue weighted by molar-refractivity contribution is 4.55. The van der Waals surface area contributed by atoms with Crippen LogP contribution in [0.3, 0.4) is 0 Å². The Hall–Kier alpha value is 0. The lowest BCUT2D eigenvalue weighted by Gasteiger charge is -2.09. The van der Waals surface area contributed by atoms with Crippen LogP contribution >= 0.6 is 0 Å². The van der Waals surface area contributed by atoms with E-state index in [4.69, 9.17) is 0 Å². The van der Waals surface area contributed by atoms with Crippen molar-refractivity contribution in [1.82, 2.24) is 0 Å². The maximum absolute atomic E-state index is 3.96. The Bertz CT molecular complexity index is 220. The molecule has 25 heavy (non-hydrogen) atoms. The summed E-state index contributed by atoms with van der Waals surface area (Å²) < 4.78 is 0. The van der Waals surface area contributed by atoms with Crippen LogP contribution in [0, 0.1) is 12.8 Å². The van der Waals surface area contributed by atoms with E-state index in [1.807, 2.05) is 0 Å². The molecule has 0 aromatic carbocycles. The van der Waals surface area contributed by atoms with Crippen LogP contribution in [0.15, 0.2) is 0 Å². The second-order valence-corrected chi connectivity index (χ2v) is 8.55. The Kier molecular flexibility index (Phi) is 22.0. The molecular formula is C25H51. The Labute approximate surface area is 161 Å². The zero-order valence-corrected chi connectivity index (χ0v) is 18.1. The second-order valence-electron chi connectivity index (χ2n) is 8.55. The minimum absolute atomic E-state index is 0.901. The molecule has 0 aromatic rings. The monoisotopic (exact) mass is 351 g/mol. The van der Waals surface area contributed by atoms with E-state index in [1.54, 1.807) is 0 Å². The van der Waals surface area contributed by atoms with Crippen LogP contribution in [-0.4, -0.2) is 0 Å². The van der Waals surface area contributed by atoms with Crippen molar-refractivity contribution in [2.75, 3.05) is 0 Å². The van der Waals surface area contributed by atoms with Crippen molar-refractivity contribution in [3.63, 3.8) is 0 Å². The third-order valence-corrected chi connectivity index (χ3v) is 5.75. The highest BCUT2D eigenvalue weighted by atomic mass is 14.1. The van der Waals surface area contributed by atoms with Crippen LogP contribution in [0.5, 0.6) is 0 Å². The van der Waals surface area contributed by atoms with Gasteiger partial charge in [0.25, 0.3) is 0 Å². The molecule has 0 N–H and O–H groups in total. The quantitative estimate of drug-likeness (QED) is 0.180. The lowest BCUT2D eigenvalue weighted by molar-refractivity contribution is 0.456. The van der Waals surface area contributed by atoms with Crippen molar-refractivity contribution >= 4 is 0 Å². The largest absolute Gasteiger partial charge is 0.0654 e. The van der Waals surface area contributed by atoms with Crippen LogP contribution in [0.4, 0.5) is 0 Å². The zero-order chi connectivity index (χ0) is 18.4. The molecule has 0 fully saturated rings. The number of rotatable bonds is 21. The summed E-state index contributed by atoms with van der Waals surface area (Å²) in [7, 11) is 0. The van der Waals surface area contributed by atoms with Crippen molar-refractivity contribution in [2.45, 2.75) is 149 Å². The normalized spacial score (nSPS) is 12.6. The van der Waals surface area contributed by atoms with Gasteiger partial charge < -0.3 is 0 Å². The molecule has 1 unspecified atom stereocenters. The average molecular weight is 352 g/mol. The summed E-state index contributed by atoms with van der Waals surface area (Å²) in [4.78, 5) is 0. The fourth-order valence-electron chi connectivity index (χ4n) is 3.89. The summed E-state index contributed by atoms with van der Waals surface area (Å²) in [5.41, 5.74) is 0. The van der Waals surface area contributed by atoms with Gasteiger partial charge in [-0.25, -0.2) is 0 Å². The van der Waals surface area contributed by atoms with Crippen molar-refractivity contribution in [2.24, 2.45) is 5.92 Å². The molecule has 0 rings (SSSR count). The minimum Gasteiger partial charge on any atom is -0.0654 e. The lowest BCUT2D eigenvalue weighted by atomic mass is 9.98. The molecule has 151 valence electrons. The van der Waals surface area contributed by atoms with Gasteiger partial charge in [0.15, 0.2) is 0 Å². The summed E-state index contributed by atoms with van der Waals surface area (Å²) in [6.45, 7) is 8.64. The number of hydrogen-bond donors (Lipinski definition) is 0.